The van der Waals surface area contributed by atoms with Gasteiger partial charge in [0, 0.05) is 17.3 Å². The Kier molecular flexibility index (Phi) is 6.26. The van der Waals surface area contributed by atoms with Gasteiger partial charge < -0.3 is 20.3 Å². The Labute approximate surface area is 214 Å². The number of hydrogen-bond donors (Lipinski definition) is 2. The summed E-state index contributed by atoms with van der Waals surface area (Å²) in [6, 6.07) is 7.12. The van der Waals surface area contributed by atoms with Crippen LogP contribution in [0.5, 0.6) is 0 Å². The number of rotatable bonds is 5. The van der Waals surface area contributed by atoms with Gasteiger partial charge in [0.25, 0.3) is 0 Å². The normalized spacial score (nSPS) is 31.7. The lowest BCUT2D eigenvalue weighted by molar-refractivity contribution is -0.146. The number of anilines is 1. The van der Waals surface area contributed by atoms with E-state index in [1.54, 1.807) is 4.90 Å². The average molecular weight is 494 g/mol. The predicted molar refractivity (Wildman–Crippen MR) is 138 cm³/mol. The van der Waals surface area contributed by atoms with Crippen LogP contribution in [-0.4, -0.2) is 51.9 Å². The first-order chi connectivity index (χ1) is 17.0. The first-order valence-electron chi connectivity index (χ1n) is 13.4. The Balaban J connectivity index is 1.43. The van der Waals surface area contributed by atoms with Crippen molar-refractivity contribution < 1.29 is 19.1 Å². The summed E-state index contributed by atoms with van der Waals surface area (Å²) >= 11 is 0. The average Bonchev–Trinajstić information content (AvgIpc) is 3.47. The Hall–Kier alpha value is -2.67. The molecule has 1 spiro atoms. The van der Waals surface area contributed by atoms with Gasteiger partial charge in [-0.2, -0.15) is 0 Å². The molecule has 2 bridgehead atoms. The fraction of sp³-hybridized carbons (Fsp3) is 0.621. The largest absolute Gasteiger partial charge is 0.359 e. The molecule has 1 saturated carbocycles. The molecule has 5 atom stereocenters. The maximum Gasteiger partial charge on any atom is 0.246 e. The van der Waals surface area contributed by atoms with Crippen molar-refractivity contribution in [2.45, 2.75) is 102 Å². The minimum atomic E-state index is -1.13. The quantitative estimate of drug-likeness (QED) is 0.604. The first-order valence-corrected chi connectivity index (χ1v) is 13.4. The summed E-state index contributed by atoms with van der Waals surface area (Å²) in [4.78, 5) is 43.0. The second-order valence-corrected chi connectivity index (χ2v) is 12.2. The van der Waals surface area contributed by atoms with Crippen molar-refractivity contribution in [1.29, 1.82) is 0 Å². The number of likely N-dealkylation sites (tertiary alicyclic amines) is 1. The van der Waals surface area contributed by atoms with Crippen molar-refractivity contribution in [2.24, 2.45) is 11.8 Å². The predicted octanol–water partition coefficient (Wildman–Crippen LogP) is 4.15. The van der Waals surface area contributed by atoms with Crippen LogP contribution in [0.3, 0.4) is 0 Å². The van der Waals surface area contributed by atoms with E-state index in [2.05, 4.69) is 24.5 Å². The molecule has 7 nitrogen and oxygen atoms in total. The summed E-state index contributed by atoms with van der Waals surface area (Å²) in [6.45, 7) is 10.1. The van der Waals surface area contributed by atoms with Gasteiger partial charge in [0.15, 0.2) is 0 Å². The van der Waals surface area contributed by atoms with Crippen LogP contribution in [0.4, 0.5) is 5.69 Å². The Morgan fingerprint density at radius 2 is 1.72 bits per heavy atom. The van der Waals surface area contributed by atoms with E-state index in [1.807, 2.05) is 57.2 Å². The first kappa shape index (κ1) is 25.0. The van der Waals surface area contributed by atoms with Crippen LogP contribution in [0.2, 0.25) is 0 Å². The van der Waals surface area contributed by atoms with Gasteiger partial charge in [-0.15, -0.1) is 0 Å². The fourth-order valence-electron chi connectivity index (χ4n) is 6.60. The van der Waals surface area contributed by atoms with E-state index in [0.717, 1.165) is 25.7 Å². The lowest BCUT2D eigenvalue weighted by atomic mass is 9.74. The number of fused-ring (bicyclic) bond motifs is 1. The van der Waals surface area contributed by atoms with E-state index in [9.17, 15) is 14.4 Å². The van der Waals surface area contributed by atoms with Crippen molar-refractivity contribution in [1.82, 2.24) is 10.2 Å². The molecule has 3 unspecified atom stereocenters. The van der Waals surface area contributed by atoms with Crippen molar-refractivity contribution >= 4 is 23.4 Å². The minimum Gasteiger partial charge on any atom is -0.359 e. The van der Waals surface area contributed by atoms with Gasteiger partial charge in [0.1, 0.15) is 11.6 Å². The molecule has 36 heavy (non-hydrogen) atoms. The molecule has 0 radical (unpaired) electrons. The number of carbonyl (C=O) groups is 3. The lowest BCUT2D eigenvalue weighted by Crippen LogP contribution is -2.60. The van der Waals surface area contributed by atoms with Gasteiger partial charge in [-0.05, 0) is 57.2 Å². The Morgan fingerprint density at radius 3 is 2.33 bits per heavy atom. The van der Waals surface area contributed by atoms with Gasteiger partial charge in [-0.3, -0.25) is 14.4 Å². The van der Waals surface area contributed by atoms with Crippen LogP contribution in [0, 0.1) is 11.8 Å². The summed E-state index contributed by atoms with van der Waals surface area (Å²) in [5, 5.41) is 6.23. The van der Waals surface area contributed by atoms with Gasteiger partial charge in [-0.25, -0.2) is 0 Å². The molecule has 1 aromatic carbocycles. The molecule has 1 aromatic rings. The van der Waals surface area contributed by atoms with E-state index in [-0.39, 0.29) is 23.8 Å². The molecule has 3 heterocycles. The molecule has 3 amide bonds. The molecule has 5 rings (SSSR count). The fourth-order valence-corrected chi connectivity index (χ4v) is 6.60. The number of nitrogens with zero attached hydrogens (tertiary/aromatic N) is 1. The molecule has 1 aliphatic carbocycles. The van der Waals surface area contributed by atoms with Crippen LogP contribution in [0.1, 0.15) is 78.2 Å². The molecule has 3 fully saturated rings. The lowest BCUT2D eigenvalue weighted by Gasteiger charge is -2.40. The molecular formula is C29H39N3O4. The zero-order valence-corrected chi connectivity index (χ0v) is 22.0. The number of hydrogen-bond acceptors (Lipinski definition) is 4. The number of carbonyl (C=O) groups excluding carboxylic acids is 3. The highest BCUT2D eigenvalue weighted by Gasteiger charge is 2.73. The van der Waals surface area contributed by atoms with Crippen molar-refractivity contribution in [3.05, 3.63) is 42.0 Å². The SMILES string of the molecule is CC(C)c1ccc(NC(=O)C2[C@H]3C=CC4(O3)C(C(=O)NC3CCCCC3)N(C(C)(C)C)C(=O)[C@@H]24)cc1. The van der Waals surface area contributed by atoms with Crippen LogP contribution < -0.4 is 10.6 Å². The van der Waals surface area contributed by atoms with Gasteiger partial charge in [0.05, 0.1) is 17.9 Å². The maximum absolute atomic E-state index is 14.0. The highest BCUT2D eigenvalue weighted by atomic mass is 16.5. The summed E-state index contributed by atoms with van der Waals surface area (Å²) in [5.74, 6) is -1.64. The molecule has 2 saturated heterocycles. The van der Waals surface area contributed by atoms with Crippen LogP contribution in [0.25, 0.3) is 0 Å². The zero-order valence-electron chi connectivity index (χ0n) is 22.0. The Morgan fingerprint density at radius 1 is 1.06 bits per heavy atom. The molecule has 194 valence electrons. The molecular weight excluding hydrogens is 454 g/mol. The second kappa shape index (κ2) is 9.02. The van der Waals surface area contributed by atoms with E-state index in [4.69, 9.17) is 4.74 Å². The maximum atomic E-state index is 14.0. The second-order valence-electron chi connectivity index (χ2n) is 12.2. The van der Waals surface area contributed by atoms with E-state index in [0.29, 0.717) is 11.6 Å². The van der Waals surface area contributed by atoms with Crippen molar-refractivity contribution in [2.75, 3.05) is 5.32 Å². The number of benzene rings is 1. The number of nitrogens with one attached hydrogen (secondary N) is 2. The molecule has 0 aromatic heterocycles. The van der Waals surface area contributed by atoms with Gasteiger partial charge in [0.2, 0.25) is 17.7 Å². The van der Waals surface area contributed by atoms with Gasteiger partial charge in [-0.1, -0.05) is 57.4 Å². The van der Waals surface area contributed by atoms with E-state index in [1.165, 1.54) is 12.0 Å². The standard InChI is InChI=1S/C29H39N3O4/c1-17(2)18-11-13-20(14-12-18)30-25(33)22-21-15-16-29(36-21)23(22)27(35)32(28(3,4)5)24(29)26(34)31-19-9-7-6-8-10-19/h11-17,19,21-24H,6-10H2,1-5H3,(H,30,33)(H,31,34)/t21-,22?,23-,24?,29?/m1/s1. The highest BCUT2D eigenvalue weighted by Crippen LogP contribution is 2.56. The number of amides is 3. The summed E-state index contributed by atoms with van der Waals surface area (Å²) < 4.78 is 6.43. The summed E-state index contributed by atoms with van der Waals surface area (Å²) in [7, 11) is 0. The third-order valence-electron chi connectivity index (χ3n) is 8.35. The minimum absolute atomic E-state index is 0.120. The van der Waals surface area contributed by atoms with E-state index >= 15 is 0 Å². The van der Waals surface area contributed by atoms with Crippen LogP contribution in [0.15, 0.2) is 36.4 Å². The monoisotopic (exact) mass is 493 g/mol. The molecule has 4 aliphatic rings. The summed E-state index contributed by atoms with van der Waals surface area (Å²) in [5.41, 5.74) is 0.150. The third kappa shape index (κ3) is 4.05. The highest BCUT2D eigenvalue weighted by molar-refractivity contribution is 6.03. The topological polar surface area (TPSA) is 87.7 Å². The smallest absolute Gasteiger partial charge is 0.246 e. The number of ether oxygens (including phenoxy) is 1. The Bertz CT molecular complexity index is 1070. The van der Waals surface area contributed by atoms with Crippen LogP contribution in [-0.2, 0) is 19.1 Å². The van der Waals surface area contributed by atoms with E-state index < -0.39 is 35.1 Å². The van der Waals surface area contributed by atoms with Crippen molar-refractivity contribution in [3.8, 4) is 0 Å². The third-order valence-corrected chi connectivity index (χ3v) is 8.35. The summed E-state index contributed by atoms with van der Waals surface area (Å²) in [6.07, 6.45) is 8.52. The van der Waals surface area contributed by atoms with Crippen LogP contribution >= 0.6 is 0 Å². The van der Waals surface area contributed by atoms with Gasteiger partial charge >= 0.3 is 0 Å². The zero-order chi connectivity index (χ0) is 25.8. The van der Waals surface area contributed by atoms with Crippen molar-refractivity contribution in [3.63, 3.8) is 0 Å². The molecule has 3 aliphatic heterocycles. The molecule has 2 N–H and O–H groups in total. The molecule has 7 heteroatoms.